The van der Waals surface area contributed by atoms with Gasteiger partial charge in [-0.05, 0) is 132 Å². The fourth-order valence-corrected chi connectivity index (χ4v) is 6.44. The Labute approximate surface area is 360 Å². The van der Waals surface area contributed by atoms with E-state index in [2.05, 4.69) is 62.5 Å². The van der Waals surface area contributed by atoms with E-state index in [-0.39, 0.29) is 38.4 Å². The van der Waals surface area contributed by atoms with E-state index in [0.29, 0.717) is 24.8 Å². The minimum absolute atomic E-state index is 0.00677. The van der Waals surface area contributed by atoms with Crippen molar-refractivity contribution in [3.63, 3.8) is 0 Å². The van der Waals surface area contributed by atoms with E-state index in [1.807, 2.05) is 37.2 Å². The number of nitrogens with zero attached hydrogens (tertiary/aromatic N) is 1. The van der Waals surface area contributed by atoms with Gasteiger partial charge in [-0.25, -0.2) is 4.79 Å². The zero-order chi connectivity index (χ0) is 42.9. The molecule has 8 nitrogen and oxygen atoms in total. The van der Waals surface area contributed by atoms with E-state index in [9.17, 15) is 14.4 Å². The van der Waals surface area contributed by atoms with Crippen LogP contribution in [0.4, 0.5) is 4.79 Å². The second-order valence-electron chi connectivity index (χ2n) is 16.0. The quantitative estimate of drug-likeness (QED) is 0.0282. The smallest absolute Gasteiger partial charge is 0.461 e. The van der Waals surface area contributed by atoms with Gasteiger partial charge in [0.2, 0.25) is 0 Å². The van der Waals surface area contributed by atoms with Gasteiger partial charge in [0, 0.05) is 19.4 Å². The molecule has 59 heavy (non-hydrogen) atoms. The number of hydrogen-bond donors (Lipinski definition) is 0. The van der Waals surface area contributed by atoms with Gasteiger partial charge >= 0.3 is 18.1 Å². The van der Waals surface area contributed by atoms with Gasteiger partial charge in [0.15, 0.2) is 0 Å². The van der Waals surface area contributed by atoms with Crippen LogP contribution < -0.4 is 0 Å². The third-order valence-corrected chi connectivity index (χ3v) is 9.90. The zero-order valence-corrected chi connectivity index (χ0v) is 37.9. The molecule has 0 unspecified atom stereocenters. The summed E-state index contributed by atoms with van der Waals surface area (Å²) >= 11 is 0. The second kappa shape index (κ2) is 39.8. The van der Waals surface area contributed by atoms with Crippen molar-refractivity contribution < 1.29 is 33.3 Å². The standard InChI is InChI=1S/C51H83NO7/c1-5-7-9-11-13-15-17-19-21-23-25-27-29-31-33-36-49(53)57-43-46-40-47(42-48(41-46)45-59-51(55)56-39-35-38-52(3)4)44-58-50(54)37-34-32-30-28-26-24-22-20-18-16-14-12-10-8-6-2/h13-16,19-22,40-42H,5-12,17-18,23-39,43-45H2,1-4H3/b15-13-,16-14-,21-19-,22-20-. The second-order valence-corrected chi connectivity index (χ2v) is 16.0. The molecule has 0 saturated carbocycles. The first kappa shape index (κ1) is 53.4. The maximum Gasteiger partial charge on any atom is 0.508 e. The number of carbonyl (C=O) groups is 3. The van der Waals surface area contributed by atoms with E-state index >= 15 is 0 Å². The van der Waals surface area contributed by atoms with Crippen molar-refractivity contribution in [1.29, 1.82) is 0 Å². The number of esters is 2. The first-order valence-corrected chi connectivity index (χ1v) is 23.3. The molecule has 1 aromatic carbocycles. The highest BCUT2D eigenvalue weighted by Gasteiger charge is 2.11. The molecule has 334 valence electrons. The summed E-state index contributed by atoms with van der Waals surface area (Å²) in [5.74, 6) is -0.465. The topological polar surface area (TPSA) is 91.4 Å². The molecular formula is C51H83NO7. The Morgan fingerprint density at radius 2 is 0.831 bits per heavy atom. The van der Waals surface area contributed by atoms with Crippen molar-refractivity contribution in [3.8, 4) is 0 Å². The van der Waals surface area contributed by atoms with E-state index in [4.69, 9.17) is 18.9 Å². The minimum Gasteiger partial charge on any atom is -0.461 e. The van der Waals surface area contributed by atoms with Gasteiger partial charge in [0.05, 0.1) is 6.61 Å². The Bertz CT molecular complexity index is 1230. The maximum atomic E-state index is 12.6. The van der Waals surface area contributed by atoms with Crippen LogP contribution in [0.5, 0.6) is 0 Å². The lowest BCUT2D eigenvalue weighted by atomic mass is 10.1. The largest absolute Gasteiger partial charge is 0.508 e. The van der Waals surface area contributed by atoms with E-state index in [0.717, 1.165) is 94.7 Å². The Morgan fingerprint density at radius 3 is 1.24 bits per heavy atom. The van der Waals surface area contributed by atoms with Crippen LogP contribution in [0.2, 0.25) is 0 Å². The number of allylic oxidation sites excluding steroid dienone is 8. The molecule has 0 bridgehead atoms. The predicted octanol–water partition coefficient (Wildman–Crippen LogP) is 14.0. The molecule has 1 rings (SSSR count). The molecule has 0 heterocycles. The monoisotopic (exact) mass is 822 g/mol. The van der Waals surface area contributed by atoms with Crippen molar-refractivity contribution >= 4 is 18.1 Å². The molecule has 0 N–H and O–H groups in total. The molecule has 0 aliphatic rings. The summed E-state index contributed by atoms with van der Waals surface area (Å²) in [5, 5.41) is 0. The number of rotatable bonds is 38. The van der Waals surface area contributed by atoms with Gasteiger partial charge in [-0.3, -0.25) is 9.59 Å². The van der Waals surface area contributed by atoms with Crippen molar-refractivity contribution in [3.05, 3.63) is 83.5 Å². The van der Waals surface area contributed by atoms with Crippen LogP contribution in [0.1, 0.15) is 191 Å². The Morgan fingerprint density at radius 1 is 0.458 bits per heavy atom. The summed E-state index contributed by atoms with van der Waals surface area (Å²) in [6.07, 6.45) is 43.8. The van der Waals surface area contributed by atoms with Crippen LogP contribution in [-0.2, 0) is 48.4 Å². The van der Waals surface area contributed by atoms with Crippen molar-refractivity contribution in [2.45, 2.75) is 194 Å². The molecule has 0 aliphatic carbocycles. The fraction of sp³-hybridized carbons (Fsp3) is 0.667. The van der Waals surface area contributed by atoms with E-state index in [1.165, 1.54) is 64.2 Å². The Hall–Kier alpha value is -3.65. The molecule has 1 aromatic rings. The predicted molar refractivity (Wildman–Crippen MR) is 244 cm³/mol. The number of unbranched alkanes of at least 4 members (excludes halogenated alkanes) is 16. The molecule has 0 spiro atoms. The molecule has 0 aliphatic heterocycles. The lowest BCUT2D eigenvalue weighted by Gasteiger charge is -2.12. The van der Waals surface area contributed by atoms with Crippen LogP contribution in [0.25, 0.3) is 0 Å². The fourth-order valence-electron chi connectivity index (χ4n) is 6.44. The van der Waals surface area contributed by atoms with Gasteiger partial charge in [0.1, 0.15) is 19.8 Å². The first-order valence-electron chi connectivity index (χ1n) is 23.3. The highest BCUT2D eigenvalue weighted by atomic mass is 16.7. The van der Waals surface area contributed by atoms with E-state index < -0.39 is 6.16 Å². The molecule has 0 radical (unpaired) electrons. The lowest BCUT2D eigenvalue weighted by molar-refractivity contribution is -0.145. The molecule has 0 aromatic heterocycles. The van der Waals surface area contributed by atoms with Gasteiger partial charge in [0.25, 0.3) is 0 Å². The molecule has 0 saturated heterocycles. The van der Waals surface area contributed by atoms with Crippen molar-refractivity contribution in [2.75, 3.05) is 27.2 Å². The van der Waals surface area contributed by atoms with Crippen molar-refractivity contribution in [2.24, 2.45) is 0 Å². The average Bonchev–Trinajstić information content (AvgIpc) is 3.22. The number of ether oxygens (including phenoxy) is 4. The zero-order valence-electron chi connectivity index (χ0n) is 37.9. The third-order valence-electron chi connectivity index (χ3n) is 9.90. The van der Waals surface area contributed by atoms with Crippen LogP contribution >= 0.6 is 0 Å². The maximum absolute atomic E-state index is 12.6. The highest BCUT2D eigenvalue weighted by molar-refractivity contribution is 5.69. The van der Waals surface area contributed by atoms with Crippen LogP contribution in [-0.4, -0.2) is 50.2 Å². The van der Waals surface area contributed by atoms with Crippen LogP contribution in [0, 0.1) is 0 Å². The van der Waals surface area contributed by atoms with Gasteiger partial charge in [-0.15, -0.1) is 0 Å². The van der Waals surface area contributed by atoms with Crippen molar-refractivity contribution in [1.82, 2.24) is 4.90 Å². The summed E-state index contributed by atoms with van der Waals surface area (Å²) < 4.78 is 21.8. The summed E-state index contributed by atoms with van der Waals surface area (Å²) in [7, 11) is 3.93. The van der Waals surface area contributed by atoms with Gasteiger partial charge in [-0.1, -0.05) is 127 Å². The van der Waals surface area contributed by atoms with Crippen LogP contribution in [0.3, 0.4) is 0 Å². The van der Waals surface area contributed by atoms with Gasteiger partial charge < -0.3 is 23.8 Å². The Kier molecular flexibility index (Phi) is 36.0. The lowest BCUT2D eigenvalue weighted by Crippen LogP contribution is -2.16. The highest BCUT2D eigenvalue weighted by Crippen LogP contribution is 2.17. The number of benzene rings is 1. The van der Waals surface area contributed by atoms with Crippen LogP contribution in [0.15, 0.2) is 66.8 Å². The summed E-state index contributed by atoms with van der Waals surface area (Å²) in [6, 6.07) is 5.57. The Balaban J connectivity index is 2.44. The summed E-state index contributed by atoms with van der Waals surface area (Å²) in [5.41, 5.74) is 2.20. The normalized spacial score (nSPS) is 11.8. The molecular weight excluding hydrogens is 739 g/mol. The summed E-state index contributed by atoms with van der Waals surface area (Å²) in [6.45, 7) is 5.73. The molecule has 0 atom stereocenters. The van der Waals surface area contributed by atoms with E-state index in [1.54, 1.807) is 0 Å². The SMILES string of the molecule is CCCCC/C=C\C/C=C\CCCCCCCC(=O)OCc1cc(COC(=O)CCCCCCC/C=C\C/C=C\CCCCC)cc(COC(=O)OCCCN(C)C)c1. The third kappa shape index (κ3) is 36.0. The number of carbonyl (C=O) groups excluding carboxylic acids is 3. The molecule has 0 amide bonds. The average molecular weight is 822 g/mol. The molecule has 0 fully saturated rings. The first-order chi connectivity index (χ1) is 28.8. The molecule has 8 heteroatoms. The summed E-state index contributed by atoms with van der Waals surface area (Å²) in [4.78, 5) is 39.4. The number of hydrogen-bond acceptors (Lipinski definition) is 8. The van der Waals surface area contributed by atoms with Gasteiger partial charge in [-0.2, -0.15) is 0 Å². The minimum atomic E-state index is -0.733.